The van der Waals surface area contributed by atoms with Crippen LogP contribution >= 0.6 is 11.8 Å². The topological polar surface area (TPSA) is 60.0 Å². The molecule has 0 fully saturated rings. The average molecular weight is 377 g/mol. The van der Waals surface area contributed by atoms with Crippen LogP contribution in [0.2, 0.25) is 0 Å². The summed E-state index contributed by atoms with van der Waals surface area (Å²) in [6, 6.07) is 17.5. The Morgan fingerprint density at radius 3 is 2.56 bits per heavy atom. The number of methoxy groups -OCH3 is 1. The van der Waals surface area contributed by atoms with E-state index in [0.29, 0.717) is 17.3 Å². The number of H-pyrrole nitrogens is 1. The molecule has 0 saturated heterocycles. The van der Waals surface area contributed by atoms with Crippen LogP contribution in [-0.4, -0.2) is 22.1 Å². The van der Waals surface area contributed by atoms with Gasteiger partial charge < -0.3 is 14.5 Å². The fourth-order valence-corrected chi connectivity index (χ4v) is 3.68. The summed E-state index contributed by atoms with van der Waals surface area (Å²) < 4.78 is 11.4. The van der Waals surface area contributed by atoms with E-state index in [1.54, 1.807) is 25.1 Å². The summed E-state index contributed by atoms with van der Waals surface area (Å²) in [4.78, 5) is 12.5. The minimum atomic E-state index is 0.685. The van der Waals surface area contributed by atoms with Gasteiger partial charge in [-0.1, -0.05) is 36.0 Å². The molecule has 0 amide bonds. The van der Waals surface area contributed by atoms with Gasteiger partial charge in [0.1, 0.15) is 5.75 Å². The first-order valence-corrected chi connectivity index (χ1v) is 9.56. The van der Waals surface area contributed by atoms with Crippen molar-refractivity contribution in [3.63, 3.8) is 0 Å². The molecule has 0 aliphatic rings. The molecular weight excluding hydrogens is 358 g/mol. The zero-order valence-corrected chi connectivity index (χ0v) is 15.9. The second-order valence-corrected chi connectivity index (χ2v) is 6.95. The Balaban J connectivity index is 1.53. The van der Waals surface area contributed by atoms with E-state index in [9.17, 15) is 0 Å². The molecule has 4 rings (SSSR count). The van der Waals surface area contributed by atoms with E-state index in [1.165, 1.54) is 0 Å². The van der Waals surface area contributed by atoms with Gasteiger partial charge in [-0.05, 0) is 37.3 Å². The van der Waals surface area contributed by atoms with E-state index in [2.05, 4.69) is 15.0 Å². The highest BCUT2D eigenvalue weighted by Crippen LogP contribution is 2.34. The predicted octanol–water partition coefficient (Wildman–Crippen LogP) is 5.36. The summed E-state index contributed by atoms with van der Waals surface area (Å²) in [5, 5.41) is 0.883. The SMILES string of the molecule is COc1ccccc1Oc1ccnc(CSc2nc3ccccc3[nH]2)c1C. The van der Waals surface area contributed by atoms with Gasteiger partial charge >= 0.3 is 0 Å². The summed E-state index contributed by atoms with van der Waals surface area (Å²) in [5.41, 5.74) is 3.98. The number of para-hydroxylation sites is 4. The van der Waals surface area contributed by atoms with Gasteiger partial charge in [0.25, 0.3) is 0 Å². The molecule has 27 heavy (non-hydrogen) atoms. The number of benzene rings is 2. The zero-order chi connectivity index (χ0) is 18.6. The van der Waals surface area contributed by atoms with Crippen LogP contribution in [0.1, 0.15) is 11.3 Å². The second-order valence-electron chi connectivity index (χ2n) is 5.98. The Hall–Kier alpha value is -2.99. The van der Waals surface area contributed by atoms with Crippen LogP contribution < -0.4 is 9.47 Å². The average Bonchev–Trinajstić information content (AvgIpc) is 3.12. The maximum atomic E-state index is 6.07. The van der Waals surface area contributed by atoms with Gasteiger partial charge in [0.2, 0.25) is 0 Å². The van der Waals surface area contributed by atoms with E-state index in [4.69, 9.17) is 9.47 Å². The number of aromatic amines is 1. The highest BCUT2D eigenvalue weighted by atomic mass is 32.2. The van der Waals surface area contributed by atoms with Crippen molar-refractivity contribution in [3.05, 3.63) is 72.1 Å². The number of thioether (sulfide) groups is 1. The molecule has 4 aromatic rings. The molecule has 0 unspecified atom stereocenters. The van der Waals surface area contributed by atoms with Gasteiger partial charge in [-0.3, -0.25) is 4.98 Å². The van der Waals surface area contributed by atoms with E-state index < -0.39 is 0 Å². The number of nitrogens with one attached hydrogen (secondary N) is 1. The number of hydrogen-bond acceptors (Lipinski definition) is 5. The smallest absolute Gasteiger partial charge is 0.169 e. The fraction of sp³-hybridized carbons (Fsp3) is 0.143. The Morgan fingerprint density at radius 1 is 0.963 bits per heavy atom. The van der Waals surface area contributed by atoms with Crippen LogP contribution in [0.15, 0.2) is 66.0 Å². The van der Waals surface area contributed by atoms with Crippen molar-refractivity contribution in [2.45, 2.75) is 17.8 Å². The van der Waals surface area contributed by atoms with Gasteiger partial charge in [0.05, 0.1) is 23.8 Å². The first-order valence-electron chi connectivity index (χ1n) is 8.57. The van der Waals surface area contributed by atoms with E-state index >= 15 is 0 Å². The molecule has 0 radical (unpaired) electrons. The predicted molar refractivity (Wildman–Crippen MR) is 108 cm³/mol. The van der Waals surface area contributed by atoms with Crippen LogP contribution in [-0.2, 0) is 5.75 Å². The Morgan fingerprint density at radius 2 is 1.74 bits per heavy atom. The first-order chi connectivity index (χ1) is 13.2. The van der Waals surface area contributed by atoms with Gasteiger partial charge in [-0.2, -0.15) is 0 Å². The fourth-order valence-electron chi connectivity index (χ4n) is 2.77. The molecule has 0 aliphatic carbocycles. The third kappa shape index (κ3) is 3.75. The highest BCUT2D eigenvalue weighted by molar-refractivity contribution is 7.98. The summed E-state index contributed by atoms with van der Waals surface area (Å²) >= 11 is 1.63. The van der Waals surface area contributed by atoms with E-state index in [1.807, 2.05) is 61.5 Å². The summed E-state index contributed by atoms with van der Waals surface area (Å²) in [5.74, 6) is 2.86. The Bertz CT molecular complexity index is 1040. The van der Waals surface area contributed by atoms with Crippen molar-refractivity contribution in [3.8, 4) is 17.2 Å². The molecule has 0 bridgehead atoms. The number of pyridine rings is 1. The van der Waals surface area contributed by atoms with Crippen LogP contribution in [0.5, 0.6) is 17.2 Å². The van der Waals surface area contributed by atoms with Crippen molar-refractivity contribution in [2.24, 2.45) is 0 Å². The third-order valence-electron chi connectivity index (χ3n) is 4.26. The molecule has 2 heterocycles. The largest absolute Gasteiger partial charge is 0.493 e. The molecule has 0 aliphatic heterocycles. The number of nitrogens with zero attached hydrogens (tertiary/aromatic N) is 2. The summed E-state index contributed by atoms with van der Waals surface area (Å²) in [6.45, 7) is 2.02. The van der Waals surface area contributed by atoms with Crippen molar-refractivity contribution in [1.82, 2.24) is 15.0 Å². The van der Waals surface area contributed by atoms with Gasteiger partial charge in [-0.25, -0.2) is 4.98 Å². The lowest BCUT2D eigenvalue weighted by atomic mass is 10.2. The van der Waals surface area contributed by atoms with Gasteiger partial charge in [0.15, 0.2) is 16.7 Å². The van der Waals surface area contributed by atoms with E-state index in [0.717, 1.165) is 33.2 Å². The Labute approximate surface area is 161 Å². The van der Waals surface area contributed by atoms with Crippen molar-refractivity contribution >= 4 is 22.8 Å². The maximum absolute atomic E-state index is 6.07. The Kier molecular flexibility index (Phi) is 4.98. The highest BCUT2D eigenvalue weighted by Gasteiger charge is 2.12. The maximum Gasteiger partial charge on any atom is 0.169 e. The molecule has 1 N–H and O–H groups in total. The molecule has 0 spiro atoms. The molecule has 136 valence electrons. The van der Waals surface area contributed by atoms with Crippen LogP contribution in [0.4, 0.5) is 0 Å². The lowest BCUT2D eigenvalue weighted by Gasteiger charge is -2.13. The van der Waals surface area contributed by atoms with Crippen LogP contribution in [0, 0.1) is 6.92 Å². The molecule has 2 aromatic heterocycles. The molecular formula is C21H19N3O2S. The first kappa shape index (κ1) is 17.4. The van der Waals surface area contributed by atoms with Crippen molar-refractivity contribution in [2.75, 3.05) is 7.11 Å². The number of ether oxygens (including phenoxy) is 2. The van der Waals surface area contributed by atoms with Crippen LogP contribution in [0.3, 0.4) is 0 Å². The summed E-state index contributed by atoms with van der Waals surface area (Å²) in [6.07, 6.45) is 1.77. The number of rotatable bonds is 6. The van der Waals surface area contributed by atoms with Crippen LogP contribution in [0.25, 0.3) is 11.0 Å². The quantitative estimate of drug-likeness (QED) is 0.458. The molecule has 0 saturated carbocycles. The minimum Gasteiger partial charge on any atom is -0.493 e. The molecule has 0 atom stereocenters. The third-order valence-corrected chi connectivity index (χ3v) is 5.15. The monoisotopic (exact) mass is 377 g/mol. The summed E-state index contributed by atoms with van der Waals surface area (Å²) in [7, 11) is 1.64. The molecule has 6 heteroatoms. The number of fused-ring (bicyclic) bond motifs is 1. The molecule has 5 nitrogen and oxygen atoms in total. The normalized spacial score (nSPS) is 10.9. The zero-order valence-electron chi connectivity index (χ0n) is 15.1. The molecule has 2 aromatic carbocycles. The van der Waals surface area contributed by atoms with Gasteiger partial charge in [-0.15, -0.1) is 0 Å². The standard InChI is InChI=1S/C21H19N3O2S/c1-14-17(13-27-21-23-15-7-3-4-8-16(15)24-21)22-12-11-18(14)26-20-10-6-5-9-19(20)25-2/h3-12H,13H2,1-2H3,(H,23,24). The number of imidazole rings is 1. The van der Waals surface area contributed by atoms with Crippen molar-refractivity contribution in [1.29, 1.82) is 0 Å². The second kappa shape index (κ2) is 7.72. The van der Waals surface area contributed by atoms with Gasteiger partial charge in [0, 0.05) is 17.5 Å². The minimum absolute atomic E-state index is 0.685. The number of hydrogen-bond donors (Lipinski definition) is 1. The lowest BCUT2D eigenvalue weighted by Crippen LogP contribution is -1.97. The van der Waals surface area contributed by atoms with E-state index in [-0.39, 0.29) is 0 Å². The lowest BCUT2D eigenvalue weighted by molar-refractivity contribution is 0.378. The van der Waals surface area contributed by atoms with Crippen molar-refractivity contribution < 1.29 is 9.47 Å². The number of aromatic nitrogens is 3.